The first-order valence-electron chi connectivity index (χ1n) is 13.2. The second-order valence-electron chi connectivity index (χ2n) is 10.4. The molecule has 2 fully saturated rings. The summed E-state index contributed by atoms with van der Waals surface area (Å²) in [5.74, 6) is -7.07. The maximum absolute atomic E-state index is 15.6. The molecule has 42 heavy (non-hydrogen) atoms. The van der Waals surface area contributed by atoms with Gasteiger partial charge in [-0.25, -0.2) is 9.36 Å². The van der Waals surface area contributed by atoms with Crippen molar-refractivity contribution in [3.63, 3.8) is 0 Å². The Morgan fingerprint density at radius 2 is 1.93 bits per heavy atom. The number of anilines is 1. The van der Waals surface area contributed by atoms with Crippen molar-refractivity contribution in [2.45, 2.75) is 64.6 Å². The zero-order valence-corrected chi connectivity index (χ0v) is 24.8. The monoisotopic (exact) mass is 633 g/mol. The van der Waals surface area contributed by atoms with Gasteiger partial charge in [0, 0.05) is 17.6 Å². The van der Waals surface area contributed by atoms with E-state index in [2.05, 4.69) is 10.1 Å². The molecule has 12 nitrogen and oxygen atoms in total. The minimum absolute atomic E-state index is 0.0555. The molecule has 16 heteroatoms. The number of nitrogens with one attached hydrogen (secondary N) is 1. The first kappa shape index (κ1) is 32.0. The minimum Gasteiger partial charge on any atom is -0.463 e. The second kappa shape index (κ2) is 12.8. The van der Waals surface area contributed by atoms with Crippen LogP contribution in [0.5, 0.6) is 0 Å². The third kappa shape index (κ3) is 7.17. The van der Waals surface area contributed by atoms with E-state index in [0.717, 1.165) is 12.3 Å². The van der Waals surface area contributed by atoms with Crippen LogP contribution in [0.25, 0.3) is 0 Å². The number of aromatic nitrogens is 2. The molecule has 0 amide bonds. The number of hydrogen-bond acceptors (Lipinski definition) is 10. The van der Waals surface area contributed by atoms with Crippen molar-refractivity contribution in [2.24, 2.45) is 11.8 Å². The summed E-state index contributed by atoms with van der Waals surface area (Å²) in [5.41, 5.74) is -0.536. The van der Waals surface area contributed by atoms with E-state index >= 15 is 8.78 Å². The Balaban J connectivity index is 1.54. The lowest BCUT2D eigenvalue weighted by molar-refractivity contribution is -0.180. The summed E-state index contributed by atoms with van der Waals surface area (Å²) >= 11 is 6.04. The molecule has 0 bridgehead atoms. The van der Waals surface area contributed by atoms with Gasteiger partial charge in [-0.2, -0.15) is 13.8 Å². The molecule has 1 aromatic heterocycles. The van der Waals surface area contributed by atoms with E-state index in [4.69, 9.17) is 34.9 Å². The fourth-order valence-corrected chi connectivity index (χ4v) is 5.85. The summed E-state index contributed by atoms with van der Waals surface area (Å²) in [5, 5.41) is 2.91. The highest BCUT2D eigenvalue weighted by molar-refractivity contribution is 7.55. The molecule has 0 saturated carbocycles. The number of halogens is 3. The molecular formula is C26H31ClF2N3O9P. The van der Waals surface area contributed by atoms with Crippen LogP contribution in [-0.2, 0) is 37.4 Å². The second-order valence-corrected chi connectivity index (χ2v) is 12.5. The van der Waals surface area contributed by atoms with Crippen molar-refractivity contribution < 1.29 is 46.2 Å². The molecule has 230 valence electrons. The molecule has 2 aliphatic heterocycles. The first-order chi connectivity index (χ1) is 19.7. The Morgan fingerprint density at radius 3 is 2.57 bits per heavy atom. The number of carbonyl (C=O) groups is 2. The maximum Gasteiger partial charge on any atom is 0.434 e. The third-order valence-corrected chi connectivity index (χ3v) is 8.18. The van der Waals surface area contributed by atoms with E-state index < -0.39 is 74.3 Å². The van der Waals surface area contributed by atoms with E-state index in [1.807, 2.05) is 0 Å². The van der Waals surface area contributed by atoms with Crippen LogP contribution in [0.3, 0.4) is 0 Å². The number of benzene rings is 1. The molecule has 2 aromatic rings. The molecule has 2 saturated heterocycles. The Kier molecular flexibility index (Phi) is 9.73. The topological polar surface area (TPSA) is 144 Å². The van der Waals surface area contributed by atoms with Gasteiger partial charge >= 0.3 is 31.3 Å². The van der Waals surface area contributed by atoms with Crippen LogP contribution in [-0.4, -0.2) is 52.8 Å². The summed E-state index contributed by atoms with van der Waals surface area (Å²) in [7, 11) is -4.02. The Morgan fingerprint density at radius 1 is 1.21 bits per heavy atom. The number of rotatable bonds is 9. The molecule has 1 N–H and O–H groups in total. The molecule has 0 radical (unpaired) electrons. The number of nitrogens with zero attached hydrogens (tertiary/aromatic N) is 2. The van der Waals surface area contributed by atoms with Crippen molar-refractivity contribution in [2.75, 3.05) is 18.3 Å². The molecule has 2 aliphatic rings. The average Bonchev–Trinajstić information content (AvgIpc) is 3.16. The minimum atomic E-state index is -4.02. The Hall–Kier alpha value is -2.90. The molecule has 0 aliphatic carbocycles. The predicted octanol–water partition coefficient (Wildman–Crippen LogP) is 4.89. The Bertz CT molecular complexity index is 1420. The van der Waals surface area contributed by atoms with Crippen molar-refractivity contribution >= 4 is 37.1 Å². The van der Waals surface area contributed by atoms with Gasteiger partial charge in [-0.05, 0) is 23.8 Å². The van der Waals surface area contributed by atoms with Crippen LogP contribution in [0.1, 0.15) is 52.0 Å². The summed E-state index contributed by atoms with van der Waals surface area (Å²) in [4.78, 5) is 40.8. The van der Waals surface area contributed by atoms with Gasteiger partial charge in [0.15, 0.2) is 6.10 Å². The normalized spacial score (nSPS) is 27.2. The largest absolute Gasteiger partial charge is 0.463 e. The van der Waals surface area contributed by atoms with E-state index in [9.17, 15) is 18.9 Å². The van der Waals surface area contributed by atoms with Crippen molar-refractivity contribution in [1.82, 2.24) is 9.55 Å². The summed E-state index contributed by atoms with van der Waals surface area (Å²) in [6.07, 6.45) is -5.30. The number of hydrogen-bond donors (Lipinski definition) is 1. The first-order valence-corrected chi connectivity index (χ1v) is 15.1. The van der Waals surface area contributed by atoms with Crippen LogP contribution in [0.15, 0.2) is 41.3 Å². The summed E-state index contributed by atoms with van der Waals surface area (Å²) < 4.78 is 71.5. The number of ether oxygens (including phenoxy) is 3. The predicted molar refractivity (Wildman–Crippen MR) is 145 cm³/mol. The Labute approximate surface area is 245 Å². The summed E-state index contributed by atoms with van der Waals surface area (Å²) in [6, 6.07) is 7.90. The number of carbonyl (C=O) groups excluding carboxylic acids is 2. The number of alkyl halides is 2. The van der Waals surface area contributed by atoms with Crippen LogP contribution < -0.4 is 10.8 Å². The van der Waals surface area contributed by atoms with Crippen LogP contribution >= 0.6 is 19.3 Å². The van der Waals surface area contributed by atoms with Crippen molar-refractivity contribution in [3.05, 3.63) is 57.6 Å². The van der Waals surface area contributed by atoms with Crippen molar-refractivity contribution in [3.8, 4) is 0 Å². The third-order valence-electron chi connectivity index (χ3n) is 6.39. The zero-order chi connectivity index (χ0) is 30.8. The fraction of sp³-hybridized carbons (Fsp3) is 0.538. The van der Waals surface area contributed by atoms with Gasteiger partial charge in [0.2, 0.25) is 6.23 Å². The molecular weight excluding hydrogens is 603 g/mol. The van der Waals surface area contributed by atoms with Gasteiger partial charge in [0.05, 0.1) is 24.5 Å². The smallest absolute Gasteiger partial charge is 0.434 e. The highest BCUT2D eigenvalue weighted by Crippen LogP contribution is 2.55. The van der Waals surface area contributed by atoms with Gasteiger partial charge in [0.25, 0.3) is 0 Å². The lowest BCUT2D eigenvalue weighted by Crippen LogP contribution is -2.45. The molecule has 5 atom stereocenters. The van der Waals surface area contributed by atoms with Gasteiger partial charge in [-0.1, -0.05) is 51.4 Å². The van der Waals surface area contributed by atoms with E-state index in [1.54, 1.807) is 38.1 Å². The van der Waals surface area contributed by atoms with E-state index in [-0.39, 0.29) is 12.4 Å². The van der Waals surface area contributed by atoms with Crippen LogP contribution in [0.2, 0.25) is 5.02 Å². The lowest BCUT2D eigenvalue weighted by Gasteiger charge is -2.30. The molecule has 4 rings (SSSR count). The van der Waals surface area contributed by atoms with Crippen LogP contribution in [0.4, 0.5) is 14.6 Å². The van der Waals surface area contributed by atoms with E-state index in [1.165, 1.54) is 13.8 Å². The molecule has 2 unspecified atom stereocenters. The summed E-state index contributed by atoms with van der Waals surface area (Å²) in [6.45, 7) is 5.45. The quantitative estimate of drug-likeness (QED) is 0.297. The maximum atomic E-state index is 15.6. The fourth-order valence-electron chi connectivity index (χ4n) is 4.16. The lowest BCUT2D eigenvalue weighted by atomic mass is 10.1. The number of esters is 2. The van der Waals surface area contributed by atoms with Gasteiger partial charge in [-0.3, -0.25) is 28.3 Å². The standard InChI is InChI=1S/C26H31ClF2N3O9P/c1-14(2)22(33)37-13-19-21(40-23(34)15(3)4)26(28,29)24(39-19)32-10-8-20(30-25(32)35)31-42(36)38-11-9-18(41-42)16-6-5-7-17(27)12-16/h5-8,10,12,14-15,18-19,21,24H,9,11,13H2,1-4H3,(H,30,31,35,36)/t18?,19-,21+,24-,42?/m1/s1. The molecule has 3 heterocycles. The SMILES string of the molecule is CC(C)C(=O)OC[C@H]1O[C@@H](n2ccc(NP3(=O)OCCC(c4cccc(Cl)c4)O3)nc2=O)C(F)(F)[C@H]1OC(=O)C(C)C. The van der Waals surface area contributed by atoms with E-state index in [0.29, 0.717) is 21.6 Å². The highest BCUT2D eigenvalue weighted by Gasteiger charge is 2.63. The van der Waals surface area contributed by atoms with Gasteiger partial charge < -0.3 is 14.2 Å². The average molecular weight is 634 g/mol. The molecule has 0 spiro atoms. The van der Waals surface area contributed by atoms with Crippen LogP contribution in [0, 0.1) is 11.8 Å². The zero-order valence-electron chi connectivity index (χ0n) is 23.2. The highest BCUT2D eigenvalue weighted by atomic mass is 35.5. The molecule has 1 aromatic carbocycles. The van der Waals surface area contributed by atoms with Gasteiger partial charge in [0.1, 0.15) is 18.5 Å². The van der Waals surface area contributed by atoms with Crippen molar-refractivity contribution in [1.29, 1.82) is 0 Å². The van der Waals surface area contributed by atoms with Gasteiger partial charge in [-0.15, -0.1) is 0 Å².